The van der Waals surface area contributed by atoms with Gasteiger partial charge in [0.25, 0.3) is 0 Å². The molecule has 0 aliphatic rings. The standard InChI is InChI=1S/C12H15ClO3/c1-2-16-12(15)11(14)8-5-9-3-6-10(13)7-4-9/h3-4,6-7,11,14H,2,5,8H2,1H3/t11-/m0/s1. The van der Waals surface area contributed by atoms with Gasteiger partial charge in [-0.1, -0.05) is 23.7 Å². The lowest BCUT2D eigenvalue weighted by Gasteiger charge is -2.09. The predicted octanol–water partition coefficient (Wildman–Crippen LogP) is 2.20. The van der Waals surface area contributed by atoms with Crippen LogP contribution in [-0.4, -0.2) is 23.8 Å². The van der Waals surface area contributed by atoms with E-state index in [4.69, 9.17) is 16.3 Å². The van der Waals surface area contributed by atoms with Crippen molar-refractivity contribution in [2.75, 3.05) is 6.61 Å². The summed E-state index contributed by atoms with van der Waals surface area (Å²) in [4.78, 5) is 11.1. The van der Waals surface area contributed by atoms with Gasteiger partial charge < -0.3 is 9.84 Å². The summed E-state index contributed by atoms with van der Waals surface area (Å²) < 4.78 is 4.70. The molecule has 0 aromatic heterocycles. The normalized spacial score (nSPS) is 12.2. The van der Waals surface area contributed by atoms with Gasteiger partial charge in [0.05, 0.1) is 6.61 Å². The lowest BCUT2D eigenvalue weighted by Crippen LogP contribution is -2.23. The highest BCUT2D eigenvalue weighted by Crippen LogP contribution is 2.12. The summed E-state index contributed by atoms with van der Waals surface area (Å²) in [5.74, 6) is -0.559. The summed E-state index contributed by atoms with van der Waals surface area (Å²) in [7, 11) is 0. The van der Waals surface area contributed by atoms with Gasteiger partial charge in [-0.3, -0.25) is 0 Å². The molecule has 0 radical (unpaired) electrons. The zero-order valence-electron chi connectivity index (χ0n) is 9.15. The number of rotatable bonds is 5. The van der Waals surface area contributed by atoms with Crippen LogP contribution >= 0.6 is 11.6 Å². The molecule has 0 fully saturated rings. The minimum absolute atomic E-state index is 0.289. The molecule has 1 N–H and O–H groups in total. The van der Waals surface area contributed by atoms with Gasteiger partial charge in [0.2, 0.25) is 0 Å². The van der Waals surface area contributed by atoms with Gasteiger partial charge in [-0.2, -0.15) is 0 Å². The number of esters is 1. The van der Waals surface area contributed by atoms with Crippen molar-refractivity contribution < 1.29 is 14.6 Å². The average Bonchev–Trinajstić information content (AvgIpc) is 2.28. The van der Waals surface area contributed by atoms with Gasteiger partial charge in [0.1, 0.15) is 0 Å². The van der Waals surface area contributed by atoms with E-state index >= 15 is 0 Å². The van der Waals surface area contributed by atoms with Crippen molar-refractivity contribution in [3.05, 3.63) is 34.9 Å². The van der Waals surface area contributed by atoms with E-state index in [0.717, 1.165) is 5.56 Å². The molecule has 0 bridgehead atoms. The van der Waals surface area contributed by atoms with Crippen LogP contribution in [0.2, 0.25) is 5.02 Å². The minimum atomic E-state index is -1.05. The Hall–Kier alpha value is -1.06. The maximum absolute atomic E-state index is 11.1. The van der Waals surface area contributed by atoms with Crippen LogP contribution < -0.4 is 0 Å². The van der Waals surface area contributed by atoms with Crippen molar-refractivity contribution in [3.8, 4) is 0 Å². The Morgan fingerprint density at radius 3 is 2.62 bits per heavy atom. The minimum Gasteiger partial charge on any atom is -0.464 e. The maximum Gasteiger partial charge on any atom is 0.334 e. The summed E-state index contributed by atoms with van der Waals surface area (Å²) in [6.07, 6.45) is -0.0620. The van der Waals surface area contributed by atoms with Gasteiger partial charge in [0, 0.05) is 5.02 Å². The van der Waals surface area contributed by atoms with Gasteiger partial charge in [0.15, 0.2) is 6.10 Å². The number of aliphatic hydroxyl groups is 1. The number of aliphatic hydroxyl groups excluding tert-OH is 1. The highest BCUT2D eigenvalue weighted by molar-refractivity contribution is 6.30. The Kier molecular flexibility index (Phi) is 5.29. The second kappa shape index (κ2) is 6.51. The summed E-state index contributed by atoms with van der Waals surface area (Å²) >= 11 is 5.74. The topological polar surface area (TPSA) is 46.5 Å². The molecule has 0 saturated heterocycles. The molecule has 4 heteroatoms. The van der Waals surface area contributed by atoms with Crippen molar-refractivity contribution >= 4 is 17.6 Å². The number of hydrogen-bond acceptors (Lipinski definition) is 3. The first-order chi connectivity index (χ1) is 7.63. The van der Waals surface area contributed by atoms with Crippen LogP contribution in [0.3, 0.4) is 0 Å². The second-order valence-electron chi connectivity index (χ2n) is 3.43. The van der Waals surface area contributed by atoms with E-state index in [1.165, 1.54) is 0 Å². The van der Waals surface area contributed by atoms with Crippen molar-refractivity contribution in [2.24, 2.45) is 0 Å². The highest BCUT2D eigenvalue weighted by atomic mass is 35.5. The molecule has 1 aromatic rings. The largest absolute Gasteiger partial charge is 0.464 e. The van der Waals surface area contributed by atoms with E-state index in [1.54, 1.807) is 19.1 Å². The zero-order chi connectivity index (χ0) is 12.0. The Morgan fingerprint density at radius 1 is 1.44 bits per heavy atom. The number of ether oxygens (including phenoxy) is 1. The Labute approximate surface area is 100.0 Å². The van der Waals surface area contributed by atoms with Gasteiger partial charge in [-0.25, -0.2) is 4.79 Å². The van der Waals surface area contributed by atoms with Crippen molar-refractivity contribution in [1.29, 1.82) is 0 Å². The highest BCUT2D eigenvalue weighted by Gasteiger charge is 2.15. The summed E-state index contributed by atoms with van der Waals surface area (Å²) in [6, 6.07) is 7.32. The number of carbonyl (C=O) groups is 1. The van der Waals surface area contributed by atoms with E-state index < -0.39 is 12.1 Å². The number of aryl methyl sites for hydroxylation is 1. The van der Waals surface area contributed by atoms with E-state index in [9.17, 15) is 9.90 Å². The molecule has 0 saturated carbocycles. The first-order valence-corrected chi connectivity index (χ1v) is 5.60. The molecule has 0 amide bonds. The van der Waals surface area contributed by atoms with E-state index in [-0.39, 0.29) is 6.61 Å². The van der Waals surface area contributed by atoms with Crippen LogP contribution in [0, 0.1) is 0 Å². The second-order valence-corrected chi connectivity index (χ2v) is 3.87. The summed E-state index contributed by atoms with van der Waals surface area (Å²) in [5, 5.41) is 10.1. The fourth-order valence-corrected chi connectivity index (χ4v) is 1.44. The van der Waals surface area contributed by atoms with E-state index in [2.05, 4.69) is 0 Å². The van der Waals surface area contributed by atoms with Crippen LogP contribution in [0.15, 0.2) is 24.3 Å². The molecule has 0 heterocycles. The van der Waals surface area contributed by atoms with Gasteiger partial charge >= 0.3 is 5.97 Å². The average molecular weight is 243 g/mol. The van der Waals surface area contributed by atoms with Gasteiger partial charge in [-0.05, 0) is 37.5 Å². The van der Waals surface area contributed by atoms with E-state index in [0.29, 0.717) is 17.9 Å². The summed E-state index contributed by atoms with van der Waals surface area (Å²) in [5.41, 5.74) is 1.03. The molecule has 1 rings (SSSR count). The Balaban J connectivity index is 2.39. The fourth-order valence-electron chi connectivity index (χ4n) is 1.31. The van der Waals surface area contributed by atoms with Crippen LogP contribution in [0.4, 0.5) is 0 Å². The first-order valence-electron chi connectivity index (χ1n) is 5.22. The molecule has 88 valence electrons. The third-order valence-corrected chi connectivity index (χ3v) is 2.43. The molecule has 0 aliphatic heterocycles. The molecule has 16 heavy (non-hydrogen) atoms. The van der Waals surface area contributed by atoms with Crippen LogP contribution in [-0.2, 0) is 16.0 Å². The van der Waals surface area contributed by atoms with Crippen molar-refractivity contribution in [3.63, 3.8) is 0 Å². The molecule has 1 aromatic carbocycles. The Bertz CT molecular complexity index is 335. The predicted molar refractivity (Wildman–Crippen MR) is 62.4 cm³/mol. The third-order valence-electron chi connectivity index (χ3n) is 2.18. The molecule has 0 aliphatic carbocycles. The maximum atomic E-state index is 11.1. The van der Waals surface area contributed by atoms with Crippen LogP contribution in [0.25, 0.3) is 0 Å². The monoisotopic (exact) mass is 242 g/mol. The number of hydrogen-bond donors (Lipinski definition) is 1. The zero-order valence-corrected chi connectivity index (χ0v) is 9.91. The molecule has 0 spiro atoms. The summed E-state index contributed by atoms with van der Waals surface area (Å²) in [6.45, 7) is 2.00. The van der Waals surface area contributed by atoms with Crippen LogP contribution in [0.5, 0.6) is 0 Å². The molecule has 1 atom stereocenters. The van der Waals surface area contributed by atoms with E-state index in [1.807, 2.05) is 12.1 Å². The first kappa shape index (κ1) is 13.0. The molecular formula is C12H15ClO3. The smallest absolute Gasteiger partial charge is 0.334 e. The van der Waals surface area contributed by atoms with Gasteiger partial charge in [-0.15, -0.1) is 0 Å². The van der Waals surface area contributed by atoms with Crippen molar-refractivity contribution in [1.82, 2.24) is 0 Å². The molecular weight excluding hydrogens is 228 g/mol. The lowest BCUT2D eigenvalue weighted by atomic mass is 10.1. The molecule has 0 unspecified atom stereocenters. The van der Waals surface area contributed by atoms with Crippen LogP contribution in [0.1, 0.15) is 18.9 Å². The fraction of sp³-hybridized carbons (Fsp3) is 0.417. The molecule has 3 nitrogen and oxygen atoms in total. The number of halogens is 1. The quantitative estimate of drug-likeness (QED) is 0.806. The number of benzene rings is 1. The lowest BCUT2D eigenvalue weighted by molar-refractivity contribution is -0.153. The number of carbonyl (C=O) groups excluding carboxylic acids is 1. The SMILES string of the molecule is CCOC(=O)[C@@H](O)CCc1ccc(Cl)cc1. The van der Waals surface area contributed by atoms with Crippen molar-refractivity contribution in [2.45, 2.75) is 25.9 Å². The third kappa shape index (κ3) is 4.21. The Morgan fingerprint density at radius 2 is 2.06 bits per heavy atom.